The summed E-state index contributed by atoms with van der Waals surface area (Å²) in [5.74, 6) is 0.277. The number of aliphatic hydroxyl groups excluding tert-OH is 4. The molecule has 128 valence electrons. The molecule has 23 heavy (non-hydrogen) atoms. The Morgan fingerprint density at radius 3 is 2.43 bits per heavy atom. The molecule has 8 nitrogen and oxygen atoms in total. The van der Waals surface area contributed by atoms with Gasteiger partial charge < -0.3 is 34.6 Å². The highest BCUT2D eigenvalue weighted by atomic mass is 16.7. The van der Waals surface area contributed by atoms with Crippen LogP contribution in [0.4, 0.5) is 0 Å². The highest BCUT2D eigenvalue weighted by molar-refractivity contribution is 5.94. The summed E-state index contributed by atoms with van der Waals surface area (Å²) >= 11 is 0. The molecule has 1 heterocycles. The third kappa shape index (κ3) is 3.62. The first-order valence-electron chi connectivity index (χ1n) is 7.05. The van der Waals surface area contributed by atoms with Crippen LogP contribution in [0.2, 0.25) is 0 Å². The number of hydrogen-bond acceptors (Lipinski definition) is 8. The Bertz CT molecular complexity index is 558. The maximum atomic E-state index is 11.4. The molecule has 0 spiro atoms. The van der Waals surface area contributed by atoms with Gasteiger partial charge in [-0.1, -0.05) is 0 Å². The Kier molecular flexibility index (Phi) is 5.55. The van der Waals surface area contributed by atoms with Gasteiger partial charge in [-0.2, -0.15) is 0 Å². The summed E-state index contributed by atoms with van der Waals surface area (Å²) in [4.78, 5) is 11.4. The predicted molar refractivity (Wildman–Crippen MR) is 77.4 cm³/mol. The molecule has 1 aromatic rings. The van der Waals surface area contributed by atoms with Crippen LogP contribution in [0.3, 0.4) is 0 Å². The lowest BCUT2D eigenvalue weighted by atomic mass is 9.99. The first-order valence-corrected chi connectivity index (χ1v) is 7.05. The Hall–Kier alpha value is -1.71. The van der Waals surface area contributed by atoms with E-state index in [1.807, 2.05) is 0 Å². The van der Waals surface area contributed by atoms with Crippen LogP contribution in [-0.2, 0) is 4.74 Å². The van der Waals surface area contributed by atoms with Gasteiger partial charge in [-0.25, -0.2) is 0 Å². The molecule has 2 rings (SSSR count). The van der Waals surface area contributed by atoms with E-state index in [2.05, 4.69) is 0 Å². The third-order valence-corrected chi connectivity index (χ3v) is 3.66. The van der Waals surface area contributed by atoms with Gasteiger partial charge in [-0.3, -0.25) is 4.79 Å². The lowest BCUT2D eigenvalue weighted by molar-refractivity contribution is -0.277. The second-order valence-corrected chi connectivity index (χ2v) is 5.24. The minimum Gasteiger partial charge on any atom is -0.493 e. The molecule has 0 saturated carbocycles. The van der Waals surface area contributed by atoms with Gasteiger partial charge in [0.15, 0.2) is 17.3 Å². The summed E-state index contributed by atoms with van der Waals surface area (Å²) in [5.41, 5.74) is 0.419. The number of hydrogen-bond donors (Lipinski definition) is 4. The highest BCUT2D eigenvalue weighted by Gasteiger charge is 2.44. The predicted octanol–water partition coefficient (Wildman–Crippen LogP) is -0.924. The summed E-state index contributed by atoms with van der Waals surface area (Å²) in [5, 5.41) is 38.6. The molecular weight excluding hydrogens is 308 g/mol. The average molecular weight is 328 g/mol. The van der Waals surface area contributed by atoms with Gasteiger partial charge >= 0.3 is 0 Å². The summed E-state index contributed by atoms with van der Waals surface area (Å²) in [6, 6.07) is 4.46. The molecule has 0 amide bonds. The third-order valence-electron chi connectivity index (χ3n) is 3.66. The zero-order valence-electron chi connectivity index (χ0n) is 12.7. The van der Waals surface area contributed by atoms with Crippen LogP contribution in [-0.4, -0.2) is 70.6 Å². The first-order chi connectivity index (χ1) is 10.9. The quantitative estimate of drug-likeness (QED) is 0.511. The molecule has 4 N–H and O–H groups in total. The van der Waals surface area contributed by atoms with Crippen molar-refractivity contribution in [2.45, 2.75) is 37.6 Å². The topological polar surface area (TPSA) is 126 Å². The Balaban J connectivity index is 2.22. The largest absolute Gasteiger partial charge is 0.493 e. The number of methoxy groups -OCH3 is 1. The molecule has 0 radical (unpaired) electrons. The van der Waals surface area contributed by atoms with Crippen LogP contribution < -0.4 is 9.47 Å². The summed E-state index contributed by atoms with van der Waals surface area (Å²) in [6.07, 6.45) is -6.90. The summed E-state index contributed by atoms with van der Waals surface area (Å²) < 4.78 is 15.9. The lowest BCUT2D eigenvalue weighted by Crippen LogP contribution is -2.60. The highest BCUT2D eigenvalue weighted by Crippen LogP contribution is 2.32. The van der Waals surface area contributed by atoms with Crippen molar-refractivity contribution in [2.24, 2.45) is 0 Å². The van der Waals surface area contributed by atoms with Gasteiger partial charge in [0, 0.05) is 5.56 Å². The van der Waals surface area contributed by atoms with E-state index in [1.54, 1.807) is 0 Å². The van der Waals surface area contributed by atoms with Crippen molar-refractivity contribution in [1.29, 1.82) is 0 Å². The van der Waals surface area contributed by atoms with Crippen molar-refractivity contribution in [3.05, 3.63) is 23.8 Å². The number of benzene rings is 1. The fourth-order valence-corrected chi connectivity index (χ4v) is 2.27. The monoisotopic (exact) mass is 328 g/mol. The lowest BCUT2D eigenvalue weighted by Gasteiger charge is -2.39. The molecule has 1 fully saturated rings. The molecule has 1 aliphatic heterocycles. The smallest absolute Gasteiger partial charge is 0.229 e. The molecule has 0 aromatic heterocycles. The van der Waals surface area contributed by atoms with Crippen molar-refractivity contribution in [3.8, 4) is 11.5 Å². The standard InChI is InChI=1S/C15H20O8/c1-7(17)8-3-4-9(10(5-8)21-2)22-15-14(20)13(19)12(18)11(6-16)23-15/h3-5,11-16,18-20H,6H2,1-2H3/t11-,12-,13+,14-,15-/m1/s1. The number of ketones is 1. The average Bonchev–Trinajstić information content (AvgIpc) is 2.55. The fraction of sp³-hybridized carbons (Fsp3) is 0.533. The normalized spacial score (nSPS) is 30.8. The van der Waals surface area contributed by atoms with E-state index in [1.165, 1.54) is 32.2 Å². The van der Waals surface area contributed by atoms with Gasteiger partial charge in [0.2, 0.25) is 6.29 Å². The molecule has 8 heteroatoms. The minimum atomic E-state index is -1.53. The number of ether oxygens (including phenoxy) is 3. The number of Topliss-reactive ketones (excluding diaryl/α,β-unsaturated/α-hetero) is 1. The van der Waals surface area contributed by atoms with Gasteiger partial charge in [0.1, 0.15) is 24.4 Å². The van der Waals surface area contributed by atoms with Crippen LogP contribution in [0.15, 0.2) is 18.2 Å². The zero-order chi connectivity index (χ0) is 17.1. The maximum Gasteiger partial charge on any atom is 0.229 e. The second-order valence-electron chi connectivity index (χ2n) is 5.24. The van der Waals surface area contributed by atoms with E-state index >= 15 is 0 Å². The van der Waals surface area contributed by atoms with E-state index in [9.17, 15) is 20.1 Å². The van der Waals surface area contributed by atoms with E-state index < -0.39 is 37.3 Å². The Morgan fingerprint density at radius 2 is 1.87 bits per heavy atom. The summed E-state index contributed by atoms with van der Waals surface area (Å²) in [6.45, 7) is 0.859. The molecule has 0 bridgehead atoms. The van der Waals surface area contributed by atoms with Crippen LogP contribution in [0, 0.1) is 0 Å². The van der Waals surface area contributed by atoms with Crippen LogP contribution in [0.25, 0.3) is 0 Å². The summed E-state index contributed by atoms with van der Waals surface area (Å²) in [7, 11) is 1.39. The van der Waals surface area contributed by atoms with E-state index in [0.29, 0.717) is 5.56 Å². The van der Waals surface area contributed by atoms with Gasteiger partial charge in [0.25, 0.3) is 0 Å². The first kappa shape index (κ1) is 17.6. The number of carbonyl (C=O) groups is 1. The number of carbonyl (C=O) groups excluding carboxylic acids is 1. The molecule has 1 saturated heterocycles. The van der Waals surface area contributed by atoms with Gasteiger partial charge in [-0.05, 0) is 25.1 Å². The molecule has 0 aliphatic carbocycles. The second kappa shape index (κ2) is 7.24. The number of rotatable bonds is 5. The molecular formula is C15H20O8. The van der Waals surface area contributed by atoms with Crippen molar-refractivity contribution in [2.75, 3.05) is 13.7 Å². The van der Waals surface area contributed by atoms with Crippen molar-refractivity contribution in [3.63, 3.8) is 0 Å². The minimum absolute atomic E-state index is 0.150. The Labute approximate surface area is 132 Å². The van der Waals surface area contributed by atoms with Crippen molar-refractivity contribution >= 4 is 5.78 Å². The van der Waals surface area contributed by atoms with E-state index in [4.69, 9.17) is 19.3 Å². The molecule has 1 aromatic carbocycles. The Morgan fingerprint density at radius 1 is 1.17 bits per heavy atom. The SMILES string of the molecule is COc1cc(C(C)=O)ccc1O[C@@H]1O[C@H](CO)[C@@H](O)[C@H](O)[C@H]1O. The maximum absolute atomic E-state index is 11.4. The zero-order valence-corrected chi connectivity index (χ0v) is 12.7. The van der Waals surface area contributed by atoms with E-state index in [-0.39, 0.29) is 17.3 Å². The van der Waals surface area contributed by atoms with E-state index in [0.717, 1.165) is 0 Å². The number of aliphatic hydroxyl groups is 4. The fourth-order valence-electron chi connectivity index (χ4n) is 2.27. The van der Waals surface area contributed by atoms with Crippen molar-refractivity contribution in [1.82, 2.24) is 0 Å². The molecule has 5 atom stereocenters. The van der Waals surface area contributed by atoms with Crippen LogP contribution >= 0.6 is 0 Å². The molecule has 1 aliphatic rings. The van der Waals surface area contributed by atoms with Crippen molar-refractivity contribution < 1.29 is 39.4 Å². The molecule has 0 unspecified atom stereocenters. The van der Waals surface area contributed by atoms with Gasteiger partial charge in [0.05, 0.1) is 13.7 Å². The van der Waals surface area contributed by atoms with Crippen LogP contribution in [0.1, 0.15) is 17.3 Å². The van der Waals surface area contributed by atoms with Crippen LogP contribution in [0.5, 0.6) is 11.5 Å². The van der Waals surface area contributed by atoms with Gasteiger partial charge in [-0.15, -0.1) is 0 Å².